The molecule has 0 unspecified atom stereocenters. The van der Waals surface area contributed by atoms with Gasteiger partial charge in [-0.25, -0.2) is 0 Å². The molecule has 2 N–H and O–H groups in total. The van der Waals surface area contributed by atoms with Gasteiger partial charge in [0.2, 0.25) is 5.91 Å². The summed E-state index contributed by atoms with van der Waals surface area (Å²) in [5.41, 5.74) is 1.19. The summed E-state index contributed by atoms with van der Waals surface area (Å²) in [5.74, 6) is 0.691. The summed E-state index contributed by atoms with van der Waals surface area (Å²) in [7, 11) is 0. The van der Waals surface area contributed by atoms with E-state index in [9.17, 15) is 4.79 Å². The monoisotopic (exact) mass is 342 g/mol. The number of benzene rings is 1. The van der Waals surface area contributed by atoms with Gasteiger partial charge in [-0.05, 0) is 35.8 Å². The van der Waals surface area contributed by atoms with Crippen LogP contribution in [-0.4, -0.2) is 18.5 Å². The molecule has 0 spiro atoms. The Bertz CT molecular complexity index is 626. The third-order valence-corrected chi connectivity index (χ3v) is 5.82. The van der Waals surface area contributed by atoms with E-state index in [2.05, 4.69) is 47.2 Å². The van der Waals surface area contributed by atoms with Gasteiger partial charge in [-0.15, -0.1) is 11.3 Å². The summed E-state index contributed by atoms with van der Waals surface area (Å²) < 4.78 is 0. The van der Waals surface area contributed by atoms with Crippen molar-refractivity contribution in [2.45, 2.75) is 44.7 Å². The lowest BCUT2D eigenvalue weighted by Gasteiger charge is -2.29. The van der Waals surface area contributed by atoms with Crippen molar-refractivity contribution in [2.24, 2.45) is 5.92 Å². The fraction of sp³-hybridized carbons (Fsp3) is 0.450. The molecule has 1 aliphatic rings. The van der Waals surface area contributed by atoms with Gasteiger partial charge < -0.3 is 5.32 Å². The molecule has 1 heterocycles. The molecule has 0 radical (unpaired) electrons. The number of carbonyl (C=O) groups excluding carboxylic acids is 1. The molecule has 0 bridgehead atoms. The van der Waals surface area contributed by atoms with Crippen LogP contribution in [0.5, 0.6) is 0 Å². The van der Waals surface area contributed by atoms with Crippen LogP contribution < -0.4 is 10.6 Å². The molecule has 1 fully saturated rings. The lowest BCUT2D eigenvalue weighted by Crippen LogP contribution is -2.45. The van der Waals surface area contributed by atoms with Crippen molar-refractivity contribution in [1.29, 1.82) is 0 Å². The molecule has 4 heteroatoms. The molecule has 1 aliphatic carbocycles. The first-order valence-corrected chi connectivity index (χ1v) is 9.73. The minimum absolute atomic E-state index is 0.0701. The van der Waals surface area contributed by atoms with Crippen molar-refractivity contribution >= 4 is 17.2 Å². The molecule has 128 valence electrons. The van der Waals surface area contributed by atoms with Crippen LogP contribution in [0.25, 0.3) is 0 Å². The standard InChI is InChI=1S/C20H26N2OS/c1-15-8-5-6-11-17(15)22-19(23)14-21-20(18-12-7-13-24-18)16-9-3-2-4-10-16/h2-4,7,9-10,12-13,15,17,20-21H,5-6,8,11,14H2,1H3,(H,22,23)/t15-,17-,20+/m1/s1. The van der Waals surface area contributed by atoms with Gasteiger partial charge in [-0.1, -0.05) is 56.2 Å². The van der Waals surface area contributed by atoms with Crippen molar-refractivity contribution in [1.82, 2.24) is 10.6 Å². The lowest BCUT2D eigenvalue weighted by atomic mass is 9.86. The zero-order chi connectivity index (χ0) is 16.8. The zero-order valence-electron chi connectivity index (χ0n) is 14.2. The molecule has 0 aliphatic heterocycles. The molecule has 24 heavy (non-hydrogen) atoms. The van der Waals surface area contributed by atoms with Gasteiger partial charge in [0.05, 0.1) is 12.6 Å². The Morgan fingerprint density at radius 2 is 1.96 bits per heavy atom. The number of thiophene rings is 1. The van der Waals surface area contributed by atoms with Gasteiger partial charge in [-0.3, -0.25) is 10.1 Å². The largest absolute Gasteiger partial charge is 0.352 e. The first-order valence-electron chi connectivity index (χ1n) is 8.85. The maximum atomic E-state index is 12.4. The smallest absolute Gasteiger partial charge is 0.234 e. The highest BCUT2D eigenvalue weighted by Crippen LogP contribution is 2.26. The fourth-order valence-electron chi connectivity index (χ4n) is 3.47. The van der Waals surface area contributed by atoms with Crippen molar-refractivity contribution in [3.63, 3.8) is 0 Å². The van der Waals surface area contributed by atoms with Crippen molar-refractivity contribution in [3.8, 4) is 0 Å². The fourth-order valence-corrected chi connectivity index (χ4v) is 4.29. The second kappa shape index (κ2) is 8.45. The minimum atomic E-state index is 0.0701. The molecule has 2 aromatic rings. The van der Waals surface area contributed by atoms with Crippen LogP contribution in [0.15, 0.2) is 47.8 Å². The first kappa shape index (κ1) is 17.2. The van der Waals surface area contributed by atoms with Crippen LogP contribution in [0.1, 0.15) is 49.1 Å². The summed E-state index contributed by atoms with van der Waals surface area (Å²) in [6, 6.07) is 14.9. The van der Waals surface area contributed by atoms with E-state index in [0.29, 0.717) is 18.5 Å². The normalized spacial score (nSPS) is 22.0. The van der Waals surface area contributed by atoms with Crippen LogP contribution in [0, 0.1) is 5.92 Å². The summed E-state index contributed by atoms with van der Waals surface area (Å²) in [6.07, 6.45) is 4.85. The van der Waals surface area contributed by atoms with Crippen molar-refractivity contribution in [2.75, 3.05) is 6.54 Å². The number of nitrogens with one attached hydrogen (secondary N) is 2. The molecular formula is C20H26N2OS. The number of amides is 1. The lowest BCUT2D eigenvalue weighted by molar-refractivity contribution is -0.121. The average molecular weight is 343 g/mol. The topological polar surface area (TPSA) is 41.1 Å². The molecule has 3 rings (SSSR count). The third-order valence-electron chi connectivity index (χ3n) is 4.89. The molecule has 0 saturated heterocycles. The van der Waals surface area contributed by atoms with Gasteiger partial charge >= 0.3 is 0 Å². The third kappa shape index (κ3) is 4.46. The second-order valence-electron chi connectivity index (χ2n) is 6.68. The maximum absolute atomic E-state index is 12.4. The molecule has 3 nitrogen and oxygen atoms in total. The van der Waals surface area contributed by atoms with E-state index < -0.39 is 0 Å². The summed E-state index contributed by atoms with van der Waals surface area (Å²) >= 11 is 1.72. The molecule has 3 atom stereocenters. The first-order chi connectivity index (χ1) is 11.7. The van der Waals surface area contributed by atoms with Gasteiger partial charge in [-0.2, -0.15) is 0 Å². The Morgan fingerprint density at radius 3 is 2.67 bits per heavy atom. The van der Waals surface area contributed by atoms with Gasteiger partial charge in [0.1, 0.15) is 0 Å². The highest BCUT2D eigenvalue weighted by molar-refractivity contribution is 7.10. The van der Waals surface area contributed by atoms with Crippen molar-refractivity contribution in [3.05, 3.63) is 58.3 Å². The molecule has 1 amide bonds. The van der Waals surface area contributed by atoms with Crippen LogP contribution >= 0.6 is 11.3 Å². The summed E-state index contributed by atoms with van der Waals surface area (Å²) in [5, 5.41) is 8.74. The van der Waals surface area contributed by atoms with Crippen molar-refractivity contribution < 1.29 is 4.79 Å². The van der Waals surface area contributed by atoms with E-state index in [0.717, 1.165) is 6.42 Å². The Kier molecular flexibility index (Phi) is 6.05. The highest BCUT2D eigenvalue weighted by atomic mass is 32.1. The SMILES string of the molecule is C[C@@H]1CCCC[C@H]1NC(=O)CN[C@@H](c1ccccc1)c1cccs1. The van der Waals surface area contributed by atoms with E-state index in [1.807, 2.05) is 18.2 Å². The Labute approximate surface area is 148 Å². The highest BCUT2D eigenvalue weighted by Gasteiger charge is 2.23. The molecule has 1 aromatic heterocycles. The average Bonchev–Trinajstić information content (AvgIpc) is 3.12. The van der Waals surface area contributed by atoms with E-state index in [1.165, 1.54) is 29.7 Å². The van der Waals surface area contributed by atoms with E-state index in [-0.39, 0.29) is 11.9 Å². The predicted molar refractivity (Wildman–Crippen MR) is 100 cm³/mol. The number of hydrogen-bond acceptors (Lipinski definition) is 3. The Hall–Kier alpha value is -1.65. The molecular weight excluding hydrogens is 316 g/mol. The zero-order valence-corrected chi connectivity index (χ0v) is 15.0. The number of carbonyl (C=O) groups is 1. The van der Waals surface area contributed by atoms with Crippen LogP contribution in [-0.2, 0) is 4.79 Å². The van der Waals surface area contributed by atoms with Crippen LogP contribution in [0.3, 0.4) is 0 Å². The van der Waals surface area contributed by atoms with E-state index in [1.54, 1.807) is 11.3 Å². The van der Waals surface area contributed by atoms with E-state index in [4.69, 9.17) is 0 Å². The number of hydrogen-bond donors (Lipinski definition) is 2. The van der Waals surface area contributed by atoms with Crippen LogP contribution in [0.4, 0.5) is 0 Å². The predicted octanol–water partition coefficient (Wildman–Crippen LogP) is 4.12. The Balaban J connectivity index is 1.60. The number of rotatable bonds is 6. The minimum Gasteiger partial charge on any atom is -0.352 e. The quantitative estimate of drug-likeness (QED) is 0.829. The maximum Gasteiger partial charge on any atom is 0.234 e. The van der Waals surface area contributed by atoms with Crippen LogP contribution in [0.2, 0.25) is 0 Å². The van der Waals surface area contributed by atoms with Gasteiger partial charge in [0, 0.05) is 10.9 Å². The van der Waals surface area contributed by atoms with E-state index >= 15 is 0 Å². The Morgan fingerprint density at radius 1 is 1.17 bits per heavy atom. The van der Waals surface area contributed by atoms with Gasteiger partial charge in [0.25, 0.3) is 0 Å². The van der Waals surface area contributed by atoms with Gasteiger partial charge in [0.15, 0.2) is 0 Å². The summed E-state index contributed by atoms with van der Waals surface area (Å²) in [6.45, 7) is 2.59. The summed E-state index contributed by atoms with van der Waals surface area (Å²) in [4.78, 5) is 13.6. The second-order valence-corrected chi connectivity index (χ2v) is 7.66. The molecule has 1 saturated carbocycles. The molecule has 1 aromatic carbocycles.